The summed E-state index contributed by atoms with van der Waals surface area (Å²) in [6.07, 6.45) is 1.53. The molecule has 0 spiro atoms. The standard InChI is InChI=1S/C22H24ClN3OS2/c1-16-9-10-18(23)21-20(16)24-22(29-21)26-13-11-25(12-14-26)19(27)8-5-15-28-17-6-3-2-4-7-17/h2-4,6-7,9-10H,5,8,11-15H2,1H3. The molecule has 4 nitrogen and oxygen atoms in total. The smallest absolute Gasteiger partial charge is 0.222 e. The number of hydrogen-bond acceptors (Lipinski definition) is 5. The lowest BCUT2D eigenvalue weighted by molar-refractivity contribution is -0.131. The number of carbonyl (C=O) groups is 1. The maximum atomic E-state index is 12.6. The summed E-state index contributed by atoms with van der Waals surface area (Å²) in [6, 6.07) is 14.3. The Balaban J connectivity index is 1.26. The number of halogens is 1. The Hall–Kier alpha value is -1.76. The lowest BCUT2D eigenvalue weighted by atomic mass is 10.2. The minimum Gasteiger partial charge on any atom is -0.345 e. The number of aromatic nitrogens is 1. The van der Waals surface area contributed by atoms with Gasteiger partial charge >= 0.3 is 0 Å². The van der Waals surface area contributed by atoms with Gasteiger partial charge in [0.2, 0.25) is 5.91 Å². The molecule has 29 heavy (non-hydrogen) atoms. The number of hydrogen-bond donors (Lipinski definition) is 0. The number of rotatable bonds is 6. The molecule has 1 aromatic heterocycles. The number of aryl methyl sites for hydroxylation is 1. The summed E-state index contributed by atoms with van der Waals surface area (Å²) >= 11 is 9.80. The molecule has 1 saturated heterocycles. The molecule has 1 fully saturated rings. The zero-order chi connectivity index (χ0) is 20.2. The van der Waals surface area contributed by atoms with Crippen LogP contribution in [0.3, 0.4) is 0 Å². The van der Waals surface area contributed by atoms with E-state index in [-0.39, 0.29) is 5.91 Å². The van der Waals surface area contributed by atoms with Crippen molar-refractivity contribution in [2.45, 2.75) is 24.7 Å². The van der Waals surface area contributed by atoms with E-state index in [1.807, 2.05) is 47.0 Å². The van der Waals surface area contributed by atoms with Crippen LogP contribution in [0.4, 0.5) is 5.13 Å². The van der Waals surface area contributed by atoms with Gasteiger partial charge in [-0.05, 0) is 42.9 Å². The third-order valence-electron chi connectivity index (χ3n) is 5.14. The van der Waals surface area contributed by atoms with Crippen LogP contribution in [0.25, 0.3) is 10.2 Å². The molecule has 1 amide bonds. The summed E-state index contributed by atoms with van der Waals surface area (Å²) in [4.78, 5) is 22.9. The first-order chi connectivity index (χ1) is 14.1. The molecule has 0 radical (unpaired) electrons. The van der Waals surface area contributed by atoms with Crippen LogP contribution in [0.1, 0.15) is 18.4 Å². The molecule has 0 saturated carbocycles. The third kappa shape index (κ3) is 4.87. The molecule has 7 heteroatoms. The first-order valence-electron chi connectivity index (χ1n) is 9.88. The number of thioether (sulfide) groups is 1. The van der Waals surface area contributed by atoms with Gasteiger partial charge in [0.05, 0.1) is 15.2 Å². The topological polar surface area (TPSA) is 36.4 Å². The summed E-state index contributed by atoms with van der Waals surface area (Å²) in [5.41, 5.74) is 2.14. The Bertz CT molecular complexity index is 945. The molecule has 4 rings (SSSR count). The van der Waals surface area contributed by atoms with Gasteiger partial charge in [-0.1, -0.05) is 47.2 Å². The van der Waals surface area contributed by atoms with Crippen LogP contribution >= 0.6 is 34.7 Å². The lowest BCUT2D eigenvalue weighted by Crippen LogP contribution is -2.48. The van der Waals surface area contributed by atoms with E-state index < -0.39 is 0 Å². The second-order valence-corrected chi connectivity index (χ2v) is 9.72. The molecular formula is C22H24ClN3OS2. The van der Waals surface area contributed by atoms with Gasteiger partial charge in [0.15, 0.2) is 5.13 Å². The van der Waals surface area contributed by atoms with Crippen molar-refractivity contribution in [2.75, 3.05) is 36.8 Å². The Morgan fingerprint density at radius 3 is 2.62 bits per heavy atom. The molecule has 2 heterocycles. The van der Waals surface area contributed by atoms with Crippen LogP contribution in [0.5, 0.6) is 0 Å². The summed E-state index contributed by atoms with van der Waals surface area (Å²) in [7, 11) is 0. The van der Waals surface area contributed by atoms with E-state index in [1.54, 1.807) is 11.3 Å². The zero-order valence-electron chi connectivity index (χ0n) is 16.4. The summed E-state index contributed by atoms with van der Waals surface area (Å²) in [5.74, 6) is 1.24. The summed E-state index contributed by atoms with van der Waals surface area (Å²) in [6.45, 7) is 5.22. The van der Waals surface area contributed by atoms with E-state index in [1.165, 1.54) is 4.90 Å². The molecule has 0 atom stereocenters. The molecule has 0 bridgehead atoms. The van der Waals surface area contributed by atoms with Gasteiger partial charge in [-0.15, -0.1) is 11.8 Å². The molecule has 0 aliphatic carbocycles. The average Bonchev–Trinajstić information content (AvgIpc) is 3.22. The van der Waals surface area contributed by atoms with Crippen LogP contribution in [0.15, 0.2) is 47.4 Å². The van der Waals surface area contributed by atoms with Crippen LogP contribution < -0.4 is 4.90 Å². The van der Waals surface area contributed by atoms with Gasteiger partial charge < -0.3 is 9.80 Å². The predicted molar refractivity (Wildman–Crippen MR) is 125 cm³/mol. The van der Waals surface area contributed by atoms with Gasteiger partial charge in [0.25, 0.3) is 0 Å². The molecule has 1 aliphatic heterocycles. The normalized spacial score (nSPS) is 14.6. The maximum Gasteiger partial charge on any atom is 0.222 e. The van der Waals surface area contributed by atoms with E-state index in [2.05, 4.69) is 24.0 Å². The summed E-state index contributed by atoms with van der Waals surface area (Å²) < 4.78 is 1.05. The van der Waals surface area contributed by atoms with E-state index in [9.17, 15) is 4.79 Å². The second-order valence-electron chi connectivity index (χ2n) is 7.17. The molecule has 152 valence electrons. The molecule has 0 N–H and O–H groups in total. The van der Waals surface area contributed by atoms with Crippen molar-refractivity contribution in [1.29, 1.82) is 0 Å². The molecular weight excluding hydrogens is 422 g/mol. The minimum absolute atomic E-state index is 0.265. The van der Waals surface area contributed by atoms with Crippen molar-refractivity contribution in [3.8, 4) is 0 Å². The Morgan fingerprint density at radius 1 is 1.14 bits per heavy atom. The van der Waals surface area contributed by atoms with Crippen molar-refractivity contribution < 1.29 is 4.79 Å². The number of carbonyl (C=O) groups excluding carboxylic acids is 1. The van der Waals surface area contributed by atoms with Crippen molar-refractivity contribution in [2.24, 2.45) is 0 Å². The third-order valence-corrected chi connectivity index (χ3v) is 7.81. The Morgan fingerprint density at radius 2 is 1.90 bits per heavy atom. The van der Waals surface area contributed by atoms with E-state index >= 15 is 0 Å². The highest BCUT2D eigenvalue weighted by Crippen LogP contribution is 2.35. The number of fused-ring (bicyclic) bond motifs is 1. The maximum absolute atomic E-state index is 12.6. The van der Waals surface area contributed by atoms with E-state index in [4.69, 9.17) is 16.6 Å². The highest BCUT2D eigenvalue weighted by molar-refractivity contribution is 7.99. The fourth-order valence-electron chi connectivity index (χ4n) is 3.46. The Labute approximate surface area is 184 Å². The van der Waals surface area contributed by atoms with Crippen LogP contribution in [0, 0.1) is 6.92 Å². The largest absolute Gasteiger partial charge is 0.345 e. The van der Waals surface area contributed by atoms with Gasteiger partial charge in [-0.25, -0.2) is 4.98 Å². The van der Waals surface area contributed by atoms with Gasteiger partial charge in [0, 0.05) is 37.5 Å². The van der Waals surface area contributed by atoms with Crippen molar-refractivity contribution >= 4 is 56.0 Å². The van der Waals surface area contributed by atoms with E-state index in [0.29, 0.717) is 6.42 Å². The number of amides is 1. The fourth-order valence-corrected chi connectivity index (χ4v) is 5.70. The fraction of sp³-hybridized carbons (Fsp3) is 0.364. The van der Waals surface area contributed by atoms with Gasteiger partial charge in [-0.3, -0.25) is 4.79 Å². The van der Waals surface area contributed by atoms with Crippen LogP contribution in [-0.2, 0) is 4.79 Å². The van der Waals surface area contributed by atoms with Crippen molar-refractivity contribution in [1.82, 2.24) is 9.88 Å². The molecule has 3 aromatic rings. The SMILES string of the molecule is Cc1ccc(Cl)c2sc(N3CCN(C(=O)CCCSc4ccccc4)CC3)nc12. The zero-order valence-corrected chi connectivity index (χ0v) is 18.8. The van der Waals surface area contributed by atoms with E-state index in [0.717, 1.165) is 64.3 Å². The minimum atomic E-state index is 0.265. The molecule has 2 aromatic carbocycles. The number of anilines is 1. The monoisotopic (exact) mass is 445 g/mol. The first kappa shape index (κ1) is 20.5. The first-order valence-corrected chi connectivity index (χ1v) is 12.1. The molecule has 0 unspecified atom stereocenters. The highest BCUT2D eigenvalue weighted by atomic mass is 35.5. The van der Waals surface area contributed by atoms with Gasteiger partial charge in [0.1, 0.15) is 0 Å². The predicted octanol–water partition coefficient (Wildman–Crippen LogP) is 5.48. The molecule has 1 aliphatic rings. The number of nitrogens with zero attached hydrogens (tertiary/aromatic N) is 3. The number of thiazole rings is 1. The average molecular weight is 446 g/mol. The Kier molecular flexibility index (Phi) is 6.63. The number of benzene rings is 2. The highest BCUT2D eigenvalue weighted by Gasteiger charge is 2.23. The van der Waals surface area contributed by atoms with Crippen LogP contribution in [0.2, 0.25) is 5.02 Å². The van der Waals surface area contributed by atoms with Crippen molar-refractivity contribution in [3.05, 3.63) is 53.1 Å². The number of piperazine rings is 1. The van der Waals surface area contributed by atoms with Crippen molar-refractivity contribution in [3.63, 3.8) is 0 Å². The summed E-state index contributed by atoms with van der Waals surface area (Å²) in [5, 5.41) is 1.76. The van der Waals surface area contributed by atoms with Gasteiger partial charge in [-0.2, -0.15) is 0 Å². The van der Waals surface area contributed by atoms with Crippen LogP contribution in [-0.4, -0.2) is 47.7 Å². The second kappa shape index (κ2) is 9.37. The quantitative estimate of drug-likeness (QED) is 0.372. The lowest BCUT2D eigenvalue weighted by Gasteiger charge is -2.34.